The molecule has 2 aromatic carbocycles. The summed E-state index contributed by atoms with van der Waals surface area (Å²) in [4.78, 5) is 54.0. The molecule has 9 heteroatoms. The second kappa shape index (κ2) is 12.0. The Morgan fingerprint density at radius 2 is 1.88 bits per heavy atom. The minimum Gasteiger partial charge on any atom is -0.340 e. The van der Waals surface area contributed by atoms with Crippen LogP contribution in [0.5, 0.6) is 0 Å². The molecule has 0 N–H and O–H groups in total. The SMILES string of the molecule is CC(C(=O)n1ccc2c(C=N[C@H]3CN(C(=O)CC#N)CC[C@H]3C)ncnc21)c1cccc(C(=O)c2ccccc2)c1. The maximum absolute atomic E-state index is 13.6. The molecule has 1 saturated heterocycles. The third-order valence-corrected chi connectivity index (χ3v) is 7.69. The maximum atomic E-state index is 13.6. The van der Waals surface area contributed by atoms with E-state index >= 15 is 0 Å². The molecule has 9 nitrogen and oxygen atoms in total. The molecule has 4 aromatic rings. The molecule has 41 heavy (non-hydrogen) atoms. The van der Waals surface area contributed by atoms with Gasteiger partial charge in [0.25, 0.3) is 0 Å². The Morgan fingerprint density at radius 3 is 2.66 bits per heavy atom. The average molecular weight is 547 g/mol. The molecule has 3 atom stereocenters. The van der Waals surface area contributed by atoms with Gasteiger partial charge < -0.3 is 4.90 Å². The van der Waals surface area contributed by atoms with E-state index in [2.05, 4.69) is 16.9 Å². The van der Waals surface area contributed by atoms with Crippen LogP contribution in [0.4, 0.5) is 0 Å². The highest BCUT2D eigenvalue weighted by molar-refractivity contribution is 6.09. The van der Waals surface area contributed by atoms with Crippen LogP contribution < -0.4 is 0 Å². The third-order valence-electron chi connectivity index (χ3n) is 7.69. The number of fused-ring (bicyclic) bond motifs is 1. The number of benzene rings is 2. The van der Waals surface area contributed by atoms with E-state index in [4.69, 9.17) is 10.3 Å². The first-order valence-electron chi connectivity index (χ1n) is 13.6. The summed E-state index contributed by atoms with van der Waals surface area (Å²) in [5.41, 5.74) is 2.90. The van der Waals surface area contributed by atoms with E-state index < -0.39 is 5.92 Å². The number of piperidine rings is 1. The lowest BCUT2D eigenvalue weighted by Crippen LogP contribution is -2.45. The first-order valence-corrected chi connectivity index (χ1v) is 13.6. The van der Waals surface area contributed by atoms with Crippen molar-refractivity contribution in [2.24, 2.45) is 10.9 Å². The molecule has 1 fully saturated rings. The summed E-state index contributed by atoms with van der Waals surface area (Å²) < 4.78 is 1.51. The normalized spacial score (nSPS) is 17.8. The van der Waals surface area contributed by atoms with Gasteiger partial charge >= 0.3 is 0 Å². The molecule has 1 unspecified atom stereocenters. The summed E-state index contributed by atoms with van der Waals surface area (Å²) in [5.74, 6) is -0.713. The van der Waals surface area contributed by atoms with Gasteiger partial charge in [-0.1, -0.05) is 55.5 Å². The Morgan fingerprint density at radius 1 is 1.10 bits per heavy atom. The Kier molecular flexibility index (Phi) is 8.11. The fourth-order valence-corrected chi connectivity index (χ4v) is 5.12. The van der Waals surface area contributed by atoms with Crippen molar-refractivity contribution in [3.05, 3.63) is 95.6 Å². The van der Waals surface area contributed by atoms with Crippen molar-refractivity contribution in [2.45, 2.75) is 38.6 Å². The van der Waals surface area contributed by atoms with Gasteiger partial charge in [-0.25, -0.2) is 9.97 Å². The fourth-order valence-electron chi connectivity index (χ4n) is 5.12. The van der Waals surface area contributed by atoms with E-state index in [1.807, 2.05) is 37.3 Å². The fraction of sp³-hybridized carbons (Fsp3) is 0.281. The summed E-state index contributed by atoms with van der Waals surface area (Å²) in [5, 5.41) is 9.56. The highest BCUT2D eigenvalue weighted by atomic mass is 16.2. The highest BCUT2D eigenvalue weighted by Gasteiger charge is 2.28. The van der Waals surface area contributed by atoms with Crippen molar-refractivity contribution < 1.29 is 14.4 Å². The lowest BCUT2D eigenvalue weighted by Gasteiger charge is -2.34. The molecule has 0 saturated carbocycles. The number of nitrogens with zero attached hydrogens (tertiary/aromatic N) is 6. The number of rotatable bonds is 7. The van der Waals surface area contributed by atoms with Gasteiger partial charge in [0.2, 0.25) is 11.8 Å². The van der Waals surface area contributed by atoms with Crippen LogP contribution in [0.1, 0.15) is 64.6 Å². The number of likely N-dealkylation sites (tertiary alicyclic amines) is 1. The Labute approximate surface area is 238 Å². The largest absolute Gasteiger partial charge is 0.340 e. The van der Waals surface area contributed by atoms with Crippen molar-refractivity contribution >= 4 is 34.8 Å². The van der Waals surface area contributed by atoms with Gasteiger partial charge in [0.1, 0.15) is 12.7 Å². The number of hydrogen-bond donors (Lipinski definition) is 0. The zero-order chi connectivity index (χ0) is 28.9. The summed E-state index contributed by atoms with van der Waals surface area (Å²) >= 11 is 0. The van der Waals surface area contributed by atoms with Gasteiger partial charge in [0, 0.05) is 42.0 Å². The van der Waals surface area contributed by atoms with E-state index in [9.17, 15) is 14.4 Å². The lowest BCUT2D eigenvalue weighted by atomic mass is 9.93. The highest BCUT2D eigenvalue weighted by Crippen LogP contribution is 2.25. The zero-order valence-electron chi connectivity index (χ0n) is 23.0. The molecule has 1 amide bonds. The number of aliphatic imine (C=N–C) groups is 1. The van der Waals surface area contributed by atoms with Crippen LogP contribution in [0.3, 0.4) is 0 Å². The Hall–Kier alpha value is -4.97. The number of ketones is 1. The van der Waals surface area contributed by atoms with Crippen LogP contribution in [0.15, 0.2) is 78.2 Å². The molecule has 5 rings (SSSR count). The number of amides is 1. The van der Waals surface area contributed by atoms with E-state index in [0.717, 1.165) is 12.0 Å². The lowest BCUT2D eigenvalue weighted by molar-refractivity contribution is -0.131. The molecule has 0 aliphatic carbocycles. The molecule has 1 aliphatic heterocycles. The summed E-state index contributed by atoms with van der Waals surface area (Å²) in [6, 6.07) is 19.8. The minimum atomic E-state index is -0.527. The number of nitriles is 1. The quantitative estimate of drug-likeness (QED) is 0.245. The standard InChI is InChI=1S/C32H30N6O3/c1-21-12-15-37(29(39)11-14-33)19-28(21)34-18-27-26-13-16-38(31(26)36-20-35-27)32(41)22(2)24-9-6-10-25(17-24)30(40)23-7-4-3-5-8-23/h3-10,13,16-18,20-22,28H,11-12,15,19H2,1-2H3/t21-,22?,28+/m1/s1. The predicted molar refractivity (Wildman–Crippen MR) is 155 cm³/mol. The second-order valence-electron chi connectivity index (χ2n) is 10.3. The van der Waals surface area contributed by atoms with Crippen molar-refractivity contribution in [2.75, 3.05) is 13.1 Å². The Balaban J connectivity index is 1.36. The molecule has 3 heterocycles. The molecule has 0 spiro atoms. The molecule has 2 aromatic heterocycles. The van der Waals surface area contributed by atoms with Gasteiger partial charge in [0.05, 0.1) is 23.7 Å². The van der Waals surface area contributed by atoms with Crippen LogP contribution in [-0.4, -0.2) is 62.4 Å². The maximum Gasteiger partial charge on any atom is 0.239 e. The van der Waals surface area contributed by atoms with Gasteiger partial charge in [-0.05, 0) is 37.0 Å². The second-order valence-corrected chi connectivity index (χ2v) is 10.3. The molecule has 206 valence electrons. The number of aromatic nitrogens is 3. The summed E-state index contributed by atoms with van der Waals surface area (Å²) in [7, 11) is 0. The van der Waals surface area contributed by atoms with E-state index in [0.29, 0.717) is 40.9 Å². The first-order chi connectivity index (χ1) is 19.9. The van der Waals surface area contributed by atoms with Crippen molar-refractivity contribution in [1.82, 2.24) is 19.4 Å². The molecular formula is C32H30N6O3. The van der Waals surface area contributed by atoms with E-state index in [-0.39, 0.29) is 36.0 Å². The van der Waals surface area contributed by atoms with Crippen molar-refractivity contribution in [3.8, 4) is 6.07 Å². The van der Waals surface area contributed by atoms with Gasteiger partial charge in [0.15, 0.2) is 11.4 Å². The van der Waals surface area contributed by atoms with Gasteiger partial charge in [-0.2, -0.15) is 5.26 Å². The van der Waals surface area contributed by atoms with Crippen LogP contribution in [0.2, 0.25) is 0 Å². The molecular weight excluding hydrogens is 516 g/mol. The first kappa shape index (κ1) is 27.6. The monoisotopic (exact) mass is 546 g/mol. The summed E-state index contributed by atoms with van der Waals surface area (Å²) in [6.07, 6.45) is 5.44. The average Bonchev–Trinajstić information content (AvgIpc) is 3.45. The molecule has 1 aliphatic rings. The van der Waals surface area contributed by atoms with Crippen LogP contribution in [0.25, 0.3) is 11.0 Å². The predicted octanol–water partition coefficient (Wildman–Crippen LogP) is 4.68. The zero-order valence-corrected chi connectivity index (χ0v) is 23.0. The Bertz CT molecular complexity index is 1670. The number of carbonyl (C=O) groups excluding carboxylic acids is 3. The van der Waals surface area contributed by atoms with Crippen molar-refractivity contribution in [3.63, 3.8) is 0 Å². The van der Waals surface area contributed by atoms with Gasteiger partial charge in [-0.3, -0.25) is 23.9 Å². The molecule has 0 bridgehead atoms. The number of hydrogen-bond acceptors (Lipinski definition) is 7. The van der Waals surface area contributed by atoms with Crippen LogP contribution in [-0.2, 0) is 4.79 Å². The minimum absolute atomic E-state index is 0.0972. The number of carbonyl (C=O) groups is 3. The summed E-state index contributed by atoms with van der Waals surface area (Å²) in [6.45, 7) is 4.99. The molecule has 0 radical (unpaired) electrons. The smallest absolute Gasteiger partial charge is 0.239 e. The third kappa shape index (κ3) is 5.82. The van der Waals surface area contributed by atoms with Crippen LogP contribution in [0, 0.1) is 17.2 Å². The van der Waals surface area contributed by atoms with Crippen molar-refractivity contribution in [1.29, 1.82) is 5.26 Å². The van der Waals surface area contributed by atoms with Crippen LogP contribution >= 0.6 is 0 Å². The van der Waals surface area contributed by atoms with Gasteiger partial charge in [-0.15, -0.1) is 0 Å². The van der Waals surface area contributed by atoms with E-state index in [1.165, 1.54) is 10.9 Å². The van der Waals surface area contributed by atoms with E-state index in [1.54, 1.807) is 53.7 Å². The topological polar surface area (TPSA) is 121 Å².